The van der Waals surface area contributed by atoms with Crippen molar-refractivity contribution in [1.29, 1.82) is 0 Å². The molecule has 0 saturated heterocycles. The van der Waals surface area contributed by atoms with Crippen LogP contribution in [0.4, 0.5) is 5.95 Å². The summed E-state index contributed by atoms with van der Waals surface area (Å²) in [6.07, 6.45) is 6.18. The van der Waals surface area contributed by atoms with E-state index < -0.39 is 0 Å². The third-order valence-corrected chi connectivity index (χ3v) is 2.18. The Labute approximate surface area is 94.8 Å². The lowest BCUT2D eigenvalue weighted by atomic mass is 10.1. The molecule has 0 bridgehead atoms. The number of nitrogens with zero attached hydrogens (tertiary/aromatic N) is 3. The maximum atomic E-state index is 4.42. The summed E-state index contributed by atoms with van der Waals surface area (Å²) in [4.78, 5) is 12.5. The summed E-state index contributed by atoms with van der Waals surface area (Å²) < 4.78 is 0. The van der Waals surface area contributed by atoms with Gasteiger partial charge in [0.1, 0.15) is 0 Å². The van der Waals surface area contributed by atoms with Gasteiger partial charge >= 0.3 is 0 Å². The van der Waals surface area contributed by atoms with Crippen molar-refractivity contribution in [1.82, 2.24) is 15.0 Å². The molecule has 82 valence electrons. The number of hydrogen-bond acceptors (Lipinski definition) is 4. The molecule has 4 heteroatoms. The first-order valence-electron chi connectivity index (χ1n) is 5.33. The number of anilines is 1. The zero-order chi connectivity index (χ0) is 11.2. The average Bonchev–Trinajstić information content (AvgIpc) is 2.31. The molecule has 0 aromatic carbocycles. The molecule has 2 aromatic heterocycles. The minimum Gasteiger partial charge on any atom is -0.354 e. The van der Waals surface area contributed by atoms with Gasteiger partial charge in [-0.05, 0) is 30.7 Å². The van der Waals surface area contributed by atoms with E-state index in [2.05, 4.69) is 20.3 Å². The highest BCUT2D eigenvalue weighted by Crippen LogP contribution is 2.07. The van der Waals surface area contributed by atoms with Gasteiger partial charge in [0, 0.05) is 31.6 Å². The van der Waals surface area contributed by atoms with Crippen molar-refractivity contribution in [2.45, 2.75) is 13.3 Å². The summed E-state index contributed by atoms with van der Waals surface area (Å²) in [6.45, 7) is 2.86. The average molecular weight is 214 g/mol. The normalized spacial score (nSPS) is 10.1. The number of aromatic nitrogens is 3. The Morgan fingerprint density at radius 1 is 1.12 bits per heavy atom. The predicted octanol–water partition coefficient (Wildman–Crippen LogP) is 1.89. The van der Waals surface area contributed by atoms with Crippen molar-refractivity contribution in [2.24, 2.45) is 0 Å². The van der Waals surface area contributed by atoms with Crippen LogP contribution in [0.1, 0.15) is 18.2 Å². The van der Waals surface area contributed by atoms with E-state index in [1.54, 1.807) is 18.6 Å². The van der Waals surface area contributed by atoms with E-state index in [4.69, 9.17) is 0 Å². The molecule has 0 amide bonds. The Morgan fingerprint density at radius 3 is 2.69 bits per heavy atom. The van der Waals surface area contributed by atoms with Crippen molar-refractivity contribution < 1.29 is 0 Å². The number of rotatable bonds is 4. The Bertz CT molecular complexity index is 442. The highest BCUT2D eigenvalue weighted by Gasteiger charge is 1.99. The second kappa shape index (κ2) is 5.21. The van der Waals surface area contributed by atoms with Crippen LogP contribution in [0.2, 0.25) is 0 Å². The van der Waals surface area contributed by atoms with Crippen LogP contribution < -0.4 is 5.32 Å². The lowest BCUT2D eigenvalue weighted by Crippen LogP contribution is -2.03. The zero-order valence-electron chi connectivity index (χ0n) is 9.22. The number of pyridine rings is 1. The SMILES string of the molecule is CCNc1nccc(Cc2ccncc2)n1. The van der Waals surface area contributed by atoms with Crippen LogP contribution in [0, 0.1) is 0 Å². The summed E-state index contributed by atoms with van der Waals surface area (Å²) in [7, 11) is 0. The molecular weight excluding hydrogens is 200 g/mol. The van der Waals surface area contributed by atoms with E-state index in [0.29, 0.717) is 5.95 Å². The van der Waals surface area contributed by atoms with Gasteiger partial charge in [0.15, 0.2) is 0 Å². The summed E-state index contributed by atoms with van der Waals surface area (Å²) >= 11 is 0. The molecule has 2 rings (SSSR count). The van der Waals surface area contributed by atoms with Crippen LogP contribution in [-0.4, -0.2) is 21.5 Å². The largest absolute Gasteiger partial charge is 0.354 e. The second-order valence-electron chi connectivity index (χ2n) is 3.43. The number of nitrogens with one attached hydrogen (secondary N) is 1. The monoisotopic (exact) mass is 214 g/mol. The third kappa shape index (κ3) is 2.76. The summed E-state index contributed by atoms with van der Waals surface area (Å²) in [5.41, 5.74) is 2.22. The smallest absolute Gasteiger partial charge is 0.222 e. The molecule has 1 N–H and O–H groups in total. The highest BCUT2D eigenvalue weighted by atomic mass is 15.1. The first-order valence-corrected chi connectivity index (χ1v) is 5.33. The fourth-order valence-electron chi connectivity index (χ4n) is 1.45. The molecule has 0 aliphatic carbocycles. The van der Waals surface area contributed by atoms with Gasteiger partial charge in [0.25, 0.3) is 0 Å². The quantitative estimate of drug-likeness (QED) is 0.844. The standard InChI is InChI=1S/C12H14N4/c1-2-14-12-15-8-5-11(16-12)9-10-3-6-13-7-4-10/h3-8H,2,9H2,1H3,(H,14,15,16). The molecule has 0 unspecified atom stereocenters. The van der Waals surface area contributed by atoms with E-state index in [-0.39, 0.29) is 0 Å². The molecule has 0 spiro atoms. The van der Waals surface area contributed by atoms with E-state index in [1.165, 1.54) is 5.56 Å². The van der Waals surface area contributed by atoms with Gasteiger partial charge in [-0.2, -0.15) is 0 Å². The van der Waals surface area contributed by atoms with Gasteiger partial charge in [-0.15, -0.1) is 0 Å². The summed E-state index contributed by atoms with van der Waals surface area (Å²) in [5.74, 6) is 0.689. The molecule has 0 aliphatic heterocycles. The van der Waals surface area contributed by atoms with Crippen molar-refractivity contribution in [3.63, 3.8) is 0 Å². The van der Waals surface area contributed by atoms with Crippen LogP contribution in [0.3, 0.4) is 0 Å². The Kier molecular flexibility index (Phi) is 3.43. The van der Waals surface area contributed by atoms with E-state index in [9.17, 15) is 0 Å². The highest BCUT2D eigenvalue weighted by molar-refractivity contribution is 5.27. The maximum Gasteiger partial charge on any atom is 0.222 e. The van der Waals surface area contributed by atoms with Gasteiger partial charge in [0.2, 0.25) is 5.95 Å². The topological polar surface area (TPSA) is 50.7 Å². The van der Waals surface area contributed by atoms with E-state index in [0.717, 1.165) is 18.7 Å². The lowest BCUT2D eigenvalue weighted by Gasteiger charge is -2.04. The summed E-state index contributed by atoms with van der Waals surface area (Å²) in [5, 5.41) is 3.10. The van der Waals surface area contributed by atoms with E-state index in [1.807, 2.05) is 25.1 Å². The van der Waals surface area contributed by atoms with Gasteiger partial charge in [-0.1, -0.05) is 0 Å². The molecule has 0 fully saturated rings. The lowest BCUT2D eigenvalue weighted by molar-refractivity contribution is 1.00. The predicted molar refractivity (Wildman–Crippen MR) is 63.2 cm³/mol. The van der Waals surface area contributed by atoms with Gasteiger partial charge in [-0.25, -0.2) is 9.97 Å². The Balaban J connectivity index is 2.12. The molecule has 0 aliphatic rings. The zero-order valence-corrected chi connectivity index (χ0v) is 9.22. The van der Waals surface area contributed by atoms with Crippen LogP contribution in [0.15, 0.2) is 36.8 Å². The van der Waals surface area contributed by atoms with Crippen LogP contribution in [0.5, 0.6) is 0 Å². The van der Waals surface area contributed by atoms with Crippen LogP contribution >= 0.6 is 0 Å². The maximum absolute atomic E-state index is 4.42. The van der Waals surface area contributed by atoms with Crippen molar-refractivity contribution in [3.8, 4) is 0 Å². The first-order chi connectivity index (χ1) is 7.88. The van der Waals surface area contributed by atoms with Gasteiger partial charge < -0.3 is 5.32 Å². The van der Waals surface area contributed by atoms with Crippen LogP contribution in [-0.2, 0) is 6.42 Å². The minimum atomic E-state index is 0.689. The fourth-order valence-corrected chi connectivity index (χ4v) is 1.45. The summed E-state index contributed by atoms with van der Waals surface area (Å²) in [6, 6.07) is 5.92. The Morgan fingerprint density at radius 2 is 1.94 bits per heavy atom. The van der Waals surface area contributed by atoms with Gasteiger partial charge in [-0.3, -0.25) is 4.98 Å². The molecular formula is C12H14N4. The van der Waals surface area contributed by atoms with Crippen molar-refractivity contribution in [2.75, 3.05) is 11.9 Å². The molecule has 4 nitrogen and oxygen atoms in total. The second-order valence-corrected chi connectivity index (χ2v) is 3.43. The van der Waals surface area contributed by atoms with Crippen molar-refractivity contribution >= 4 is 5.95 Å². The minimum absolute atomic E-state index is 0.689. The van der Waals surface area contributed by atoms with Crippen LogP contribution in [0.25, 0.3) is 0 Å². The Hall–Kier alpha value is -1.97. The van der Waals surface area contributed by atoms with E-state index >= 15 is 0 Å². The fraction of sp³-hybridized carbons (Fsp3) is 0.250. The first kappa shape index (κ1) is 10.5. The van der Waals surface area contributed by atoms with Crippen molar-refractivity contribution in [3.05, 3.63) is 48.0 Å². The third-order valence-electron chi connectivity index (χ3n) is 2.18. The molecule has 2 heterocycles. The molecule has 0 radical (unpaired) electrons. The molecule has 0 saturated carbocycles. The number of hydrogen-bond donors (Lipinski definition) is 1. The molecule has 16 heavy (non-hydrogen) atoms. The van der Waals surface area contributed by atoms with Gasteiger partial charge in [0.05, 0.1) is 5.69 Å². The molecule has 2 aromatic rings. The molecule has 0 atom stereocenters.